The second kappa shape index (κ2) is 6.05. The predicted octanol–water partition coefficient (Wildman–Crippen LogP) is 3.10. The Bertz CT molecular complexity index is 684. The summed E-state index contributed by atoms with van der Waals surface area (Å²) in [4.78, 5) is 12.4. The molecule has 2 aromatic carbocycles. The Balaban J connectivity index is 1.38. The van der Waals surface area contributed by atoms with Crippen molar-refractivity contribution >= 4 is 5.91 Å². The zero-order chi connectivity index (χ0) is 15.6. The molecule has 2 heterocycles. The van der Waals surface area contributed by atoms with Crippen molar-refractivity contribution in [3.63, 3.8) is 0 Å². The van der Waals surface area contributed by atoms with Crippen molar-refractivity contribution in [3.8, 4) is 11.5 Å². The van der Waals surface area contributed by atoms with Gasteiger partial charge in [-0.25, -0.2) is 0 Å². The quantitative estimate of drug-likeness (QED) is 0.912. The molecule has 2 aliphatic rings. The SMILES string of the molecule is O=C(N[C@@H]1C[C@H]2CC[C@@H]1N2)c1ccc(Oc2ccccc2)cc1. The van der Waals surface area contributed by atoms with Gasteiger partial charge in [0.25, 0.3) is 5.91 Å². The van der Waals surface area contributed by atoms with Gasteiger partial charge >= 0.3 is 0 Å². The maximum absolute atomic E-state index is 12.4. The van der Waals surface area contributed by atoms with Crippen molar-refractivity contribution in [3.05, 3.63) is 60.2 Å². The molecular weight excluding hydrogens is 288 g/mol. The number of para-hydroxylation sites is 1. The molecule has 2 saturated heterocycles. The molecule has 0 spiro atoms. The topological polar surface area (TPSA) is 50.4 Å². The van der Waals surface area contributed by atoms with Crippen molar-refractivity contribution in [1.29, 1.82) is 0 Å². The first-order chi connectivity index (χ1) is 11.3. The first-order valence-corrected chi connectivity index (χ1v) is 8.18. The molecule has 4 nitrogen and oxygen atoms in total. The molecule has 0 aliphatic carbocycles. The first kappa shape index (κ1) is 14.3. The number of amides is 1. The molecule has 2 N–H and O–H groups in total. The zero-order valence-corrected chi connectivity index (χ0v) is 12.9. The highest BCUT2D eigenvalue weighted by atomic mass is 16.5. The lowest BCUT2D eigenvalue weighted by Crippen LogP contribution is -2.42. The molecule has 4 rings (SSSR count). The molecule has 0 aromatic heterocycles. The van der Waals surface area contributed by atoms with Crippen molar-refractivity contribution in [2.45, 2.75) is 37.4 Å². The van der Waals surface area contributed by atoms with Crippen LogP contribution < -0.4 is 15.4 Å². The number of fused-ring (bicyclic) bond motifs is 2. The largest absolute Gasteiger partial charge is 0.457 e. The number of benzene rings is 2. The fraction of sp³-hybridized carbons (Fsp3) is 0.316. The molecule has 3 atom stereocenters. The average Bonchev–Trinajstić information content (AvgIpc) is 3.19. The van der Waals surface area contributed by atoms with Crippen LogP contribution in [0.15, 0.2) is 54.6 Å². The van der Waals surface area contributed by atoms with E-state index < -0.39 is 0 Å². The summed E-state index contributed by atoms with van der Waals surface area (Å²) in [5.41, 5.74) is 0.674. The zero-order valence-electron chi connectivity index (χ0n) is 12.9. The lowest BCUT2D eigenvalue weighted by molar-refractivity contribution is 0.0931. The second-order valence-electron chi connectivity index (χ2n) is 6.30. The van der Waals surface area contributed by atoms with Crippen molar-refractivity contribution < 1.29 is 9.53 Å². The van der Waals surface area contributed by atoms with Gasteiger partial charge in [0.1, 0.15) is 11.5 Å². The van der Waals surface area contributed by atoms with Crippen molar-refractivity contribution in [2.75, 3.05) is 0 Å². The minimum Gasteiger partial charge on any atom is -0.457 e. The molecule has 1 amide bonds. The number of hydrogen-bond donors (Lipinski definition) is 2. The summed E-state index contributed by atoms with van der Waals surface area (Å²) in [6.45, 7) is 0. The van der Waals surface area contributed by atoms with Gasteiger partial charge in [0.2, 0.25) is 0 Å². The average molecular weight is 308 g/mol. The smallest absolute Gasteiger partial charge is 0.251 e. The standard InChI is InChI=1S/C19H20N2O2/c22-19(21-18-12-14-8-11-17(18)20-14)13-6-9-16(10-7-13)23-15-4-2-1-3-5-15/h1-7,9-10,14,17-18,20H,8,11-12H2,(H,21,22)/t14-,17+,18-/m1/s1. The summed E-state index contributed by atoms with van der Waals surface area (Å²) in [6.07, 6.45) is 3.45. The lowest BCUT2D eigenvalue weighted by Gasteiger charge is -2.21. The summed E-state index contributed by atoms with van der Waals surface area (Å²) in [6, 6.07) is 18.2. The minimum absolute atomic E-state index is 0.00406. The monoisotopic (exact) mass is 308 g/mol. The van der Waals surface area contributed by atoms with Gasteiger partial charge in [0, 0.05) is 23.7 Å². The highest BCUT2D eigenvalue weighted by molar-refractivity contribution is 5.94. The molecule has 0 radical (unpaired) electrons. The Morgan fingerprint density at radius 3 is 2.39 bits per heavy atom. The van der Waals surface area contributed by atoms with Crippen LogP contribution >= 0.6 is 0 Å². The molecule has 4 heteroatoms. The summed E-state index contributed by atoms with van der Waals surface area (Å²) in [5, 5.41) is 6.69. The third-order valence-corrected chi connectivity index (χ3v) is 4.71. The Morgan fingerprint density at radius 1 is 1.00 bits per heavy atom. The van der Waals surface area contributed by atoms with Crippen molar-refractivity contribution in [1.82, 2.24) is 10.6 Å². The van der Waals surface area contributed by atoms with Crippen LogP contribution in [0.4, 0.5) is 0 Å². The highest BCUT2D eigenvalue weighted by Crippen LogP contribution is 2.28. The van der Waals surface area contributed by atoms with E-state index in [0.29, 0.717) is 17.6 Å². The molecular formula is C19H20N2O2. The maximum atomic E-state index is 12.4. The third-order valence-electron chi connectivity index (χ3n) is 4.71. The van der Waals surface area contributed by atoms with E-state index in [4.69, 9.17) is 4.74 Å². The summed E-state index contributed by atoms with van der Waals surface area (Å²) < 4.78 is 5.75. The molecule has 2 aromatic rings. The Kier molecular flexibility index (Phi) is 3.75. The van der Waals surface area contributed by atoms with Gasteiger partial charge in [-0.05, 0) is 55.7 Å². The molecule has 0 unspecified atom stereocenters. The van der Waals surface area contributed by atoms with Crippen LogP contribution in [-0.4, -0.2) is 24.0 Å². The van der Waals surface area contributed by atoms with Crippen LogP contribution in [-0.2, 0) is 0 Å². The van der Waals surface area contributed by atoms with E-state index in [-0.39, 0.29) is 11.9 Å². The number of carbonyl (C=O) groups excluding carboxylic acids is 1. The molecule has 118 valence electrons. The van der Waals surface area contributed by atoms with Crippen LogP contribution in [0.2, 0.25) is 0 Å². The molecule has 0 saturated carbocycles. The van der Waals surface area contributed by atoms with E-state index in [0.717, 1.165) is 17.9 Å². The molecule has 2 fully saturated rings. The van der Waals surface area contributed by atoms with E-state index in [1.165, 1.54) is 12.8 Å². The van der Waals surface area contributed by atoms with Gasteiger partial charge in [-0.1, -0.05) is 18.2 Å². The van der Waals surface area contributed by atoms with Crippen LogP contribution in [0.25, 0.3) is 0 Å². The Hall–Kier alpha value is -2.33. The van der Waals surface area contributed by atoms with Gasteiger partial charge in [0.05, 0.1) is 0 Å². The number of ether oxygens (including phenoxy) is 1. The van der Waals surface area contributed by atoms with Crippen LogP contribution in [0.5, 0.6) is 11.5 Å². The number of hydrogen-bond acceptors (Lipinski definition) is 3. The molecule has 2 bridgehead atoms. The fourth-order valence-corrected chi connectivity index (χ4v) is 3.53. The molecule has 23 heavy (non-hydrogen) atoms. The predicted molar refractivity (Wildman–Crippen MR) is 88.8 cm³/mol. The van der Waals surface area contributed by atoms with E-state index in [2.05, 4.69) is 10.6 Å². The van der Waals surface area contributed by atoms with Crippen LogP contribution in [0.3, 0.4) is 0 Å². The summed E-state index contributed by atoms with van der Waals surface area (Å²) in [5.74, 6) is 1.52. The van der Waals surface area contributed by atoms with Gasteiger partial charge in [-0.3, -0.25) is 4.79 Å². The van der Waals surface area contributed by atoms with E-state index in [1.54, 1.807) is 0 Å². The Labute approximate surface area is 135 Å². The van der Waals surface area contributed by atoms with Crippen LogP contribution in [0.1, 0.15) is 29.6 Å². The number of rotatable bonds is 4. The van der Waals surface area contributed by atoms with E-state index in [9.17, 15) is 4.79 Å². The highest BCUT2D eigenvalue weighted by Gasteiger charge is 2.39. The fourth-order valence-electron chi connectivity index (χ4n) is 3.53. The van der Waals surface area contributed by atoms with Gasteiger partial charge in [-0.15, -0.1) is 0 Å². The first-order valence-electron chi connectivity index (χ1n) is 8.18. The van der Waals surface area contributed by atoms with Gasteiger partial charge < -0.3 is 15.4 Å². The van der Waals surface area contributed by atoms with Crippen LogP contribution in [0, 0.1) is 0 Å². The van der Waals surface area contributed by atoms with Gasteiger partial charge in [0.15, 0.2) is 0 Å². The minimum atomic E-state index is -0.00406. The van der Waals surface area contributed by atoms with Gasteiger partial charge in [-0.2, -0.15) is 0 Å². The van der Waals surface area contributed by atoms with E-state index in [1.807, 2.05) is 54.6 Å². The summed E-state index contributed by atoms with van der Waals surface area (Å²) >= 11 is 0. The number of nitrogens with one attached hydrogen (secondary N) is 2. The normalized spacial score (nSPS) is 25.3. The summed E-state index contributed by atoms with van der Waals surface area (Å²) in [7, 11) is 0. The van der Waals surface area contributed by atoms with E-state index >= 15 is 0 Å². The number of carbonyl (C=O) groups is 1. The molecule has 2 aliphatic heterocycles. The second-order valence-corrected chi connectivity index (χ2v) is 6.30. The maximum Gasteiger partial charge on any atom is 0.251 e. The Morgan fingerprint density at radius 2 is 1.74 bits per heavy atom. The lowest BCUT2D eigenvalue weighted by atomic mass is 9.95. The van der Waals surface area contributed by atoms with Crippen molar-refractivity contribution in [2.24, 2.45) is 0 Å². The third kappa shape index (κ3) is 3.08.